The fourth-order valence-electron chi connectivity index (χ4n) is 4.07. The number of rotatable bonds is 2. The first-order valence-corrected chi connectivity index (χ1v) is 10.3. The minimum absolute atomic E-state index is 0.0376. The van der Waals surface area contributed by atoms with Crippen molar-refractivity contribution in [2.75, 3.05) is 5.75 Å². The van der Waals surface area contributed by atoms with Crippen LogP contribution in [-0.2, 0) is 23.6 Å². The van der Waals surface area contributed by atoms with Crippen molar-refractivity contribution in [2.24, 2.45) is 5.92 Å². The lowest BCUT2D eigenvalue weighted by Gasteiger charge is -2.20. The van der Waals surface area contributed by atoms with Crippen LogP contribution in [0.5, 0.6) is 0 Å². The number of fused-ring (bicyclic) bond motifs is 2. The average Bonchev–Trinajstić information content (AvgIpc) is 2.89. The molecule has 1 amide bonds. The molecule has 2 aliphatic rings. The molecule has 1 aliphatic carbocycles. The van der Waals surface area contributed by atoms with E-state index >= 15 is 0 Å². The number of benzene rings is 2. The Hall–Kier alpha value is -1.94. The Balaban J connectivity index is 1.58. The Kier molecular flexibility index (Phi) is 4.24. The lowest BCUT2D eigenvalue weighted by Crippen LogP contribution is -2.30. The first kappa shape index (κ1) is 16.5. The smallest absolute Gasteiger partial charge is 0.251 e. The summed E-state index contributed by atoms with van der Waals surface area (Å²) < 4.78 is 12.1. The Bertz CT molecular complexity index is 874. The molecule has 0 saturated carbocycles. The van der Waals surface area contributed by atoms with Crippen LogP contribution >= 0.6 is 0 Å². The molecule has 0 fully saturated rings. The predicted molar refractivity (Wildman–Crippen MR) is 100 cm³/mol. The third-order valence-corrected chi connectivity index (χ3v) is 6.92. The molecule has 3 atom stereocenters. The molecule has 4 rings (SSSR count). The highest BCUT2D eigenvalue weighted by Crippen LogP contribution is 2.36. The minimum Gasteiger partial charge on any atom is -0.345 e. The molecule has 0 spiro atoms. The zero-order valence-corrected chi connectivity index (χ0v) is 15.5. The highest BCUT2D eigenvalue weighted by Gasteiger charge is 2.31. The molecule has 1 aliphatic heterocycles. The van der Waals surface area contributed by atoms with E-state index < -0.39 is 10.8 Å². The van der Waals surface area contributed by atoms with E-state index in [2.05, 4.69) is 37.4 Å². The standard InChI is InChI=1S/C21H23NO2S/c1-13-5-7-18-17(10-13)11-14(2)20(18)22-21(23)16-6-8-19-15(12-16)4-3-9-25(19)24/h5-8,10,12,14,20H,3-4,9,11H2,1-2H3,(H,22,23). The highest BCUT2D eigenvalue weighted by atomic mass is 32.2. The summed E-state index contributed by atoms with van der Waals surface area (Å²) >= 11 is 0. The summed E-state index contributed by atoms with van der Waals surface area (Å²) in [5.74, 6) is 1.09. The molecule has 0 radical (unpaired) electrons. The third-order valence-electron chi connectivity index (χ3n) is 5.37. The Morgan fingerprint density at radius 2 is 2.00 bits per heavy atom. The summed E-state index contributed by atoms with van der Waals surface area (Å²) in [6, 6.07) is 12.2. The molecule has 4 heteroatoms. The fraction of sp³-hybridized carbons (Fsp3) is 0.381. The maximum atomic E-state index is 12.8. The van der Waals surface area contributed by atoms with Crippen LogP contribution in [0.2, 0.25) is 0 Å². The molecule has 0 bridgehead atoms. The first-order valence-electron chi connectivity index (χ1n) is 8.94. The van der Waals surface area contributed by atoms with Crippen LogP contribution in [0.1, 0.15) is 52.0 Å². The topological polar surface area (TPSA) is 46.2 Å². The molecule has 25 heavy (non-hydrogen) atoms. The van der Waals surface area contributed by atoms with Crippen LogP contribution in [0.25, 0.3) is 0 Å². The van der Waals surface area contributed by atoms with Crippen molar-refractivity contribution < 1.29 is 9.00 Å². The van der Waals surface area contributed by atoms with E-state index in [9.17, 15) is 9.00 Å². The summed E-state index contributed by atoms with van der Waals surface area (Å²) in [6.07, 6.45) is 2.84. The molecule has 2 aromatic carbocycles. The van der Waals surface area contributed by atoms with Gasteiger partial charge in [-0.1, -0.05) is 30.7 Å². The van der Waals surface area contributed by atoms with E-state index in [-0.39, 0.29) is 11.9 Å². The van der Waals surface area contributed by atoms with Crippen molar-refractivity contribution in [3.8, 4) is 0 Å². The van der Waals surface area contributed by atoms with Crippen LogP contribution in [0.4, 0.5) is 0 Å². The first-order chi connectivity index (χ1) is 12.0. The number of amides is 1. The van der Waals surface area contributed by atoms with Gasteiger partial charge in [0.05, 0.1) is 16.8 Å². The van der Waals surface area contributed by atoms with Crippen molar-refractivity contribution in [3.63, 3.8) is 0 Å². The van der Waals surface area contributed by atoms with E-state index in [1.807, 2.05) is 18.2 Å². The van der Waals surface area contributed by atoms with Crippen LogP contribution in [0, 0.1) is 12.8 Å². The summed E-state index contributed by atoms with van der Waals surface area (Å²) in [5.41, 5.74) is 5.59. The van der Waals surface area contributed by atoms with Crippen molar-refractivity contribution in [3.05, 3.63) is 64.2 Å². The maximum Gasteiger partial charge on any atom is 0.251 e. The fourth-order valence-corrected chi connectivity index (χ4v) is 5.37. The second kappa shape index (κ2) is 6.41. The SMILES string of the molecule is Cc1ccc2c(c1)CC(C)C2NC(=O)c1ccc2c(c1)CCCS2=O. The summed E-state index contributed by atoms with van der Waals surface area (Å²) in [5, 5.41) is 3.22. The van der Waals surface area contributed by atoms with Gasteiger partial charge in [0.25, 0.3) is 5.91 Å². The van der Waals surface area contributed by atoms with Crippen molar-refractivity contribution in [2.45, 2.75) is 44.0 Å². The molecule has 3 unspecified atom stereocenters. The molecule has 3 nitrogen and oxygen atoms in total. The van der Waals surface area contributed by atoms with Gasteiger partial charge in [-0.05, 0) is 67.0 Å². The quantitative estimate of drug-likeness (QED) is 0.894. The molecular formula is C21H23NO2S. The summed E-state index contributed by atoms with van der Waals surface area (Å²) in [7, 11) is -0.910. The highest BCUT2D eigenvalue weighted by molar-refractivity contribution is 7.85. The van der Waals surface area contributed by atoms with E-state index in [0.717, 1.165) is 35.5 Å². The summed E-state index contributed by atoms with van der Waals surface area (Å²) in [4.78, 5) is 13.7. The second-order valence-electron chi connectivity index (χ2n) is 7.31. The average molecular weight is 353 g/mol. The molecule has 2 aromatic rings. The lowest BCUT2D eigenvalue weighted by atomic mass is 10.0. The van der Waals surface area contributed by atoms with Gasteiger partial charge < -0.3 is 5.32 Å². The second-order valence-corrected chi connectivity index (χ2v) is 8.85. The normalized spacial score (nSPS) is 24.5. The van der Waals surface area contributed by atoms with E-state index in [1.54, 1.807) is 0 Å². The van der Waals surface area contributed by atoms with Gasteiger partial charge in [0.1, 0.15) is 0 Å². The van der Waals surface area contributed by atoms with Crippen LogP contribution < -0.4 is 5.32 Å². The van der Waals surface area contributed by atoms with Gasteiger partial charge in [-0.3, -0.25) is 9.00 Å². The van der Waals surface area contributed by atoms with Gasteiger partial charge in [0.15, 0.2) is 0 Å². The van der Waals surface area contributed by atoms with Crippen LogP contribution in [0.3, 0.4) is 0 Å². The molecule has 1 heterocycles. The Morgan fingerprint density at radius 1 is 1.16 bits per heavy atom. The van der Waals surface area contributed by atoms with E-state index in [0.29, 0.717) is 11.5 Å². The third kappa shape index (κ3) is 3.04. The largest absolute Gasteiger partial charge is 0.345 e. The molecule has 0 saturated heterocycles. The number of hydrogen-bond donors (Lipinski definition) is 1. The zero-order valence-electron chi connectivity index (χ0n) is 14.7. The van der Waals surface area contributed by atoms with Gasteiger partial charge in [-0.2, -0.15) is 0 Å². The number of carbonyl (C=O) groups excluding carboxylic acids is 1. The van der Waals surface area contributed by atoms with Gasteiger partial charge in [-0.15, -0.1) is 0 Å². The number of nitrogens with one attached hydrogen (secondary N) is 1. The summed E-state index contributed by atoms with van der Waals surface area (Å²) in [6.45, 7) is 4.30. The van der Waals surface area contributed by atoms with Crippen molar-refractivity contribution in [1.29, 1.82) is 0 Å². The van der Waals surface area contributed by atoms with Gasteiger partial charge in [0, 0.05) is 16.2 Å². The predicted octanol–water partition coefficient (Wildman–Crippen LogP) is 3.71. The Morgan fingerprint density at radius 3 is 2.84 bits per heavy atom. The van der Waals surface area contributed by atoms with Gasteiger partial charge in [-0.25, -0.2) is 0 Å². The van der Waals surface area contributed by atoms with E-state index in [4.69, 9.17) is 0 Å². The number of carbonyl (C=O) groups is 1. The van der Waals surface area contributed by atoms with Gasteiger partial charge >= 0.3 is 0 Å². The molecule has 1 N–H and O–H groups in total. The van der Waals surface area contributed by atoms with E-state index in [1.165, 1.54) is 16.7 Å². The van der Waals surface area contributed by atoms with Crippen molar-refractivity contribution in [1.82, 2.24) is 5.32 Å². The lowest BCUT2D eigenvalue weighted by molar-refractivity contribution is 0.0927. The molecule has 130 valence electrons. The maximum absolute atomic E-state index is 12.8. The monoisotopic (exact) mass is 353 g/mol. The number of hydrogen-bond acceptors (Lipinski definition) is 2. The molecular weight excluding hydrogens is 330 g/mol. The van der Waals surface area contributed by atoms with Gasteiger partial charge in [0.2, 0.25) is 0 Å². The number of aryl methyl sites for hydroxylation is 2. The molecule has 0 aromatic heterocycles. The van der Waals surface area contributed by atoms with Crippen LogP contribution in [-0.4, -0.2) is 15.9 Å². The van der Waals surface area contributed by atoms with Crippen molar-refractivity contribution >= 4 is 16.7 Å². The minimum atomic E-state index is -0.910. The Labute approximate surface area is 151 Å². The van der Waals surface area contributed by atoms with Crippen LogP contribution in [0.15, 0.2) is 41.3 Å². The zero-order chi connectivity index (χ0) is 17.6.